The van der Waals surface area contributed by atoms with Crippen molar-refractivity contribution in [2.45, 2.75) is 20.8 Å². The molecule has 0 saturated carbocycles. The SMILES string of the molecule is CC(C)(C)CNC(=O)c1cc(-c2cccnc2)ccn1. The first-order chi connectivity index (χ1) is 9.46. The number of pyridine rings is 2. The van der Waals surface area contributed by atoms with Gasteiger partial charge < -0.3 is 5.32 Å². The lowest BCUT2D eigenvalue weighted by molar-refractivity contribution is 0.0934. The summed E-state index contributed by atoms with van der Waals surface area (Å²) in [5.41, 5.74) is 2.39. The maximum Gasteiger partial charge on any atom is 0.269 e. The van der Waals surface area contributed by atoms with Crippen molar-refractivity contribution in [2.75, 3.05) is 6.54 Å². The van der Waals surface area contributed by atoms with E-state index in [-0.39, 0.29) is 11.3 Å². The third-order valence-electron chi connectivity index (χ3n) is 2.77. The van der Waals surface area contributed by atoms with Gasteiger partial charge in [0.25, 0.3) is 5.91 Å². The Labute approximate surface area is 119 Å². The quantitative estimate of drug-likeness (QED) is 0.932. The second-order valence-electron chi connectivity index (χ2n) is 5.91. The second-order valence-corrected chi connectivity index (χ2v) is 5.91. The topological polar surface area (TPSA) is 54.9 Å². The molecule has 0 radical (unpaired) electrons. The number of aromatic nitrogens is 2. The molecule has 4 nitrogen and oxygen atoms in total. The number of rotatable bonds is 3. The zero-order valence-corrected chi connectivity index (χ0v) is 12.1. The van der Waals surface area contributed by atoms with E-state index in [1.165, 1.54) is 0 Å². The average Bonchev–Trinajstić information content (AvgIpc) is 2.45. The van der Waals surface area contributed by atoms with Crippen molar-refractivity contribution < 1.29 is 4.79 Å². The molecule has 2 aromatic rings. The minimum absolute atomic E-state index is 0.0522. The van der Waals surface area contributed by atoms with E-state index in [2.05, 4.69) is 36.1 Å². The van der Waals surface area contributed by atoms with Crippen molar-refractivity contribution in [1.82, 2.24) is 15.3 Å². The molecule has 0 spiro atoms. The standard InChI is InChI=1S/C16H19N3O/c1-16(2,3)11-19-15(20)14-9-12(6-8-18-14)13-5-4-7-17-10-13/h4-10H,11H2,1-3H3,(H,19,20). The highest BCUT2D eigenvalue weighted by Crippen LogP contribution is 2.18. The Balaban J connectivity index is 2.16. The van der Waals surface area contributed by atoms with Crippen molar-refractivity contribution >= 4 is 5.91 Å². The summed E-state index contributed by atoms with van der Waals surface area (Å²) >= 11 is 0. The first-order valence-corrected chi connectivity index (χ1v) is 6.60. The minimum atomic E-state index is -0.148. The Hall–Kier alpha value is -2.23. The van der Waals surface area contributed by atoms with Crippen LogP contribution in [0.5, 0.6) is 0 Å². The Morgan fingerprint density at radius 1 is 1.20 bits per heavy atom. The highest BCUT2D eigenvalue weighted by atomic mass is 16.1. The third kappa shape index (κ3) is 3.88. The lowest BCUT2D eigenvalue weighted by Crippen LogP contribution is -2.32. The monoisotopic (exact) mass is 269 g/mol. The van der Waals surface area contributed by atoms with E-state index in [0.29, 0.717) is 12.2 Å². The van der Waals surface area contributed by atoms with Gasteiger partial charge in [-0.1, -0.05) is 26.8 Å². The zero-order valence-electron chi connectivity index (χ0n) is 12.1. The van der Waals surface area contributed by atoms with Crippen LogP contribution in [0.1, 0.15) is 31.3 Å². The van der Waals surface area contributed by atoms with Gasteiger partial charge in [-0.3, -0.25) is 14.8 Å². The fourth-order valence-electron chi connectivity index (χ4n) is 1.70. The van der Waals surface area contributed by atoms with Crippen LogP contribution in [0.25, 0.3) is 11.1 Å². The molecule has 0 saturated heterocycles. The lowest BCUT2D eigenvalue weighted by Gasteiger charge is -2.18. The molecule has 104 valence electrons. The number of nitrogens with zero attached hydrogens (tertiary/aromatic N) is 2. The highest BCUT2D eigenvalue weighted by Gasteiger charge is 2.14. The predicted octanol–water partition coefficient (Wildman–Crippen LogP) is 2.92. The predicted molar refractivity (Wildman–Crippen MR) is 79.3 cm³/mol. The third-order valence-corrected chi connectivity index (χ3v) is 2.77. The van der Waals surface area contributed by atoms with Crippen molar-refractivity contribution in [3.8, 4) is 11.1 Å². The molecule has 0 aliphatic carbocycles. The molecule has 20 heavy (non-hydrogen) atoms. The van der Waals surface area contributed by atoms with E-state index in [1.54, 1.807) is 24.7 Å². The molecule has 0 aromatic carbocycles. The van der Waals surface area contributed by atoms with Crippen LogP contribution in [0, 0.1) is 5.41 Å². The Morgan fingerprint density at radius 2 is 2.00 bits per heavy atom. The molecule has 0 aliphatic heterocycles. The van der Waals surface area contributed by atoms with Gasteiger partial charge in [0.1, 0.15) is 5.69 Å². The van der Waals surface area contributed by atoms with Crippen LogP contribution in [-0.4, -0.2) is 22.4 Å². The van der Waals surface area contributed by atoms with Crippen LogP contribution >= 0.6 is 0 Å². The van der Waals surface area contributed by atoms with Crippen LogP contribution in [0.15, 0.2) is 42.9 Å². The van der Waals surface area contributed by atoms with Crippen molar-refractivity contribution in [2.24, 2.45) is 5.41 Å². The van der Waals surface area contributed by atoms with E-state index in [4.69, 9.17) is 0 Å². The summed E-state index contributed by atoms with van der Waals surface area (Å²) in [6, 6.07) is 7.49. The number of hydrogen-bond donors (Lipinski definition) is 1. The summed E-state index contributed by atoms with van der Waals surface area (Å²) in [4.78, 5) is 20.3. The van der Waals surface area contributed by atoms with Gasteiger partial charge in [-0.25, -0.2) is 0 Å². The van der Waals surface area contributed by atoms with Crippen molar-refractivity contribution in [3.05, 3.63) is 48.5 Å². The van der Waals surface area contributed by atoms with Crippen molar-refractivity contribution in [1.29, 1.82) is 0 Å². The number of carbonyl (C=O) groups is 1. The summed E-state index contributed by atoms with van der Waals surface area (Å²) in [6.45, 7) is 6.84. The smallest absolute Gasteiger partial charge is 0.269 e. The summed E-state index contributed by atoms with van der Waals surface area (Å²) < 4.78 is 0. The minimum Gasteiger partial charge on any atom is -0.350 e. The highest BCUT2D eigenvalue weighted by molar-refractivity contribution is 5.93. The molecule has 2 rings (SSSR count). The Bertz CT molecular complexity index is 588. The molecule has 2 heterocycles. The summed E-state index contributed by atoms with van der Waals surface area (Å²) in [6.07, 6.45) is 5.14. The molecular formula is C16H19N3O. The summed E-state index contributed by atoms with van der Waals surface area (Å²) in [7, 11) is 0. The van der Waals surface area contributed by atoms with Crippen LogP contribution in [0.3, 0.4) is 0 Å². The van der Waals surface area contributed by atoms with Gasteiger partial charge in [0, 0.05) is 30.7 Å². The maximum absolute atomic E-state index is 12.1. The largest absolute Gasteiger partial charge is 0.350 e. The Morgan fingerprint density at radius 3 is 2.65 bits per heavy atom. The summed E-state index contributed by atoms with van der Waals surface area (Å²) in [5.74, 6) is -0.148. The first-order valence-electron chi connectivity index (χ1n) is 6.60. The second kappa shape index (κ2) is 5.82. The number of nitrogens with one attached hydrogen (secondary N) is 1. The van der Waals surface area contributed by atoms with Gasteiger partial charge in [0.15, 0.2) is 0 Å². The number of hydrogen-bond acceptors (Lipinski definition) is 3. The van der Waals surface area contributed by atoms with E-state index in [1.807, 2.05) is 18.2 Å². The van der Waals surface area contributed by atoms with Crippen LogP contribution in [0.4, 0.5) is 0 Å². The molecular weight excluding hydrogens is 250 g/mol. The zero-order chi connectivity index (χ0) is 14.6. The number of carbonyl (C=O) groups excluding carboxylic acids is 1. The van der Waals surface area contributed by atoms with Gasteiger partial charge in [-0.2, -0.15) is 0 Å². The van der Waals surface area contributed by atoms with Gasteiger partial charge >= 0.3 is 0 Å². The molecule has 2 aromatic heterocycles. The summed E-state index contributed by atoms with van der Waals surface area (Å²) in [5, 5.41) is 2.90. The van der Waals surface area contributed by atoms with E-state index >= 15 is 0 Å². The van der Waals surface area contributed by atoms with Gasteiger partial charge in [0.05, 0.1) is 0 Å². The van der Waals surface area contributed by atoms with E-state index in [0.717, 1.165) is 11.1 Å². The average molecular weight is 269 g/mol. The Kier molecular flexibility index (Phi) is 4.13. The normalized spacial score (nSPS) is 11.2. The molecule has 0 aliphatic rings. The van der Waals surface area contributed by atoms with E-state index in [9.17, 15) is 4.79 Å². The van der Waals surface area contributed by atoms with Crippen LogP contribution < -0.4 is 5.32 Å². The van der Waals surface area contributed by atoms with Gasteiger partial charge in [-0.15, -0.1) is 0 Å². The molecule has 0 fully saturated rings. The van der Waals surface area contributed by atoms with Gasteiger partial charge in [0.2, 0.25) is 0 Å². The van der Waals surface area contributed by atoms with Crippen LogP contribution in [0.2, 0.25) is 0 Å². The molecule has 0 bridgehead atoms. The molecule has 1 amide bonds. The maximum atomic E-state index is 12.1. The van der Waals surface area contributed by atoms with Gasteiger partial charge in [-0.05, 0) is 29.2 Å². The van der Waals surface area contributed by atoms with E-state index < -0.39 is 0 Å². The first kappa shape index (κ1) is 14.2. The fourth-order valence-corrected chi connectivity index (χ4v) is 1.70. The fraction of sp³-hybridized carbons (Fsp3) is 0.312. The number of amides is 1. The molecule has 1 N–H and O–H groups in total. The van der Waals surface area contributed by atoms with Crippen molar-refractivity contribution in [3.63, 3.8) is 0 Å². The molecule has 0 atom stereocenters. The lowest BCUT2D eigenvalue weighted by atomic mass is 9.97. The molecule has 4 heteroatoms. The van der Waals surface area contributed by atoms with Crippen LogP contribution in [-0.2, 0) is 0 Å². The molecule has 0 unspecified atom stereocenters.